The molecule has 0 bridgehead atoms. The topological polar surface area (TPSA) is 55.4 Å². The number of benzene rings is 1. The Morgan fingerprint density at radius 3 is 2.56 bits per heavy atom. The van der Waals surface area contributed by atoms with Gasteiger partial charge in [0.15, 0.2) is 12.1 Å². The van der Waals surface area contributed by atoms with Crippen molar-refractivity contribution < 1.29 is 18.7 Å². The highest BCUT2D eigenvalue weighted by Gasteiger charge is 2.19. The summed E-state index contributed by atoms with van der Waals surface area (Å²) in [6.45, 7) is 5.09. The number of aldehydes is 1. The number of rotatable bonds is 2. The van der Waals surface area contributed by atoms with Crippen LogP contribution in [0.5, 0.6) is 0 Å². The number of amides is 1. The fourth-order valence-corrected chi connectivity index (χ4v) is 1.59. The van der Waals surface area contributed by atoms with Crippen molar-refractivity contribution in [3.8, 4) is 0 Å². The van der Waals surface area contributed by atoms with Gasteiger partial charge < -0.3 is 4.74 Å². The van der Waals surface area contributed by atoms with Gasteiger partial charge in [0.2, 0.25) is 0 Å². The van der Waals surface area contributed by atoms with Gasteiger partial charge in [-0.3, -0.25) is 10.1 Å². The molecule has 0 aliphatic carbocycles. The van der Waals surface area contributed by atoms with Gasteiger partial charge in [0.25, 0.3) is 0 Å². The van der Waals surface area contributed by atoms with E-state index in [-0.39, 0.29) is 11.3 Å². The summed E-state index contributed by atoms with van der Waals surface area (Å²) in [5, 5.41) is 2.25. The lowest BCUT2D eigenvalue weighted by atomic mass is 10.2. The Morgan fingerprint density at radius 2 is 2.06 bits per heavy atom. The van der Waals surface area contributed by atoms with Crippen molar-refractivity contribution in [1.29, 1.82) is 0 Å². The molecule has 0 unspecified atom stereocenters. The zero-order chi connectivity index (χ0) is 13.9. The highest BCUT2D eigenvalue weighted by Crippen LogP contribution is 2.25. The van der Waals surface area contributed by atoms with E-state index in [1.807, 2.05) is 0 Å². The lowest BCUT2D eigenvalue weighted by Gasteiger charge is -2.20. The van der Waals surface area contributed by atoms with Crippen molar-refractivity contribution >= 4 is 34.0 Å². The molecule has 1 rings (SSSR count). The lowest BCUT2D eigenvalue weighted by Crippen LogP contribution is -2.27. The van der Waals surface area contributed by atoms with Crippen molar-refractivity contribution in [1.82, 2.24) is 0 Å². The van der Waals surface area contributed by atoms with Crippen LogP contribution in [-0.4, -0.2) is 18.0 Å². The van der Waals surface area contributed by atoms with Crippen molar-refractivity contribution in [3.05, 3.63) is 28.0 Å². The van der Waals surface area contributed by atoms with E-state index in [2.05, 4.69) is 21.2 Å². The molecule has 1 aromatic rings. The van der Waals surface area contributed by atoms with Crippen LogP contribution < -0.4 is 5.32 Å². The van der Waals surface area contributed by atoms with E-state index in [1.165, 1.54) is 12.1 Å². The van der Waals surface area contributed by atoms with Crippen molar-refractivity contribution in [2.24, 2.45) is 0 Å². The predicted molar refractivity (Wildman–Crippen MR) is 69.3 cm³/mol. The zero-order valence-electron chi connectivity index (χ0n) is 10.2. The minimum absolute atomic E-state index is 0.102. The quantitative estimate of drug-likeness (QED) is 0.845. The zero-order valence-corrected chi connectivity index (χ0v) is 11.8. The Balaban J connectivity index is 2.93. The highest BCUT2D eigenvalue weighted by molar-refractivity contribution is 9.10. The van der Waals surface area contributed by atoms with Gasteiger partial charge in [0, 0.05) is 4.47 Å². The average Bonchev–Trinajstić information content (AvgIpc) is 2.20. The first-order valence-electron chi connectivity index (χ1n) is 5.18. The first-order chi connectivity index (χ1) is 8.24. The SMILES string of the molecule is CC(C)(C)OC(=O)Nc1ccc(Br)c(C=O)c1F. The number of ether oxygens (including phenoxy) is 1. The largest absolute Gasteiger partial charge is 0.444 e. The van der Waals surface area contributed by atoms with E-state index < -0.39 is 17.5 Å². The van der Waals surface area contributed by atoms with Gasteiger partial charge in [0.1, 0.15) is 5.60 Å². The van der Waals surface area contributed by atoms with Crippen LogP contribution in [0.15, 0.2) is 16.6 Å². The Bertz CT molecular complexity index is 483. The Labute approximate surface area is 113 Å². The van der Waals surface area contributed by atoms with Gasteiger partial charge in [-0.1, -0.05) is 0 Å². The molecular formula is C12H13BrFNO3. The summed E-state index contributed by atoms with van der Waals surface area (Å²) in [5.74, 6) is -0.801. The first kappa shape index (κ1) is 14.6. The third-order valence-electron chi connectivity index (χ3n) is 1.88. The number of carbonyl (C=O) groups excluding carboxylic acids is 2. The molecule has 0 heterocycles. The summed E-state index contributed by atoms with van der Waals surface area (Å²) in [7, 11) is 0. The number of hydrogen-bond acceptors (Lipinski definition) is 3. The second-order valence-corrected chi connectivity index (χ2v) is 5.42. The van der Waals surface area contributed by atoms with Crippen molar-refractivity contribution in [3.63, 3.8) is 0 Å². The fraction of sp³-hybridized carbons (Fsp3) is 0.333. The van der Waals surface area contributed by atoms with Gasteiger partial charge in [-0.25, -0.2) is 9.18 Å². The molecule has 0 radical (unpaired) electrons. The molecule has 0 spiro atoms. The number of hydrogen-bond donors (Lipinski definition) is 1. The molecule has 4 nitrogen and oxygen atoms in total. The molecule has 1 amide bonds. The summed E-state index contributed by atoms with van der Waals surface area (Å²) < 4.78 is 19.1. The average molecular weight is 318 g/mol. The van der Waals surface area contributed by atoms with Crippen LogP contribution in [0.1, 0.15) is 31.1 Å². The minimum atomic E-state index is -0.801. The molecule has 0 saturated heterocycles. The molecule has 0 fully saturated rings. The third-order valence-corrected chi connectivity index (χ3v) is 2.57. The van der Waals surface area contributed by atoms with Gasteiger partial charge >= 0.3 is 6.09 Å². The summed E-state index contributed by atoms with van der Waals surface area (Å²) in [4.78, 5) is 22.2. The monoisotopic (exact) mass is 317 g/mol. The Kier molecular flexibility index (Phi) is 4.45. The molecule has 98 valence electrons. The van der Waals surface area contributed by atoms with E-state index in [9.17, 15) is 14.0 Å². The predicted octanol–water partition coefficient (Wildman–Crippen LogP) is 3.75. The maximum absolute atomic E-state index is 13.8. The number of carbonyl (C=O) groups is 2. The van der Waals surface area contributed by atoms with Gasteiger partial charge in [0.05, 0.1) is 11.3 Å². The van der Waals surface area contributed by atoms with Gasteiger partial charge in [-0.15, -0.1) is 0 Å². The molecule has 0 atom stereocenters. The molecule has 0 saturated carbocycles. The second-order valence-electron chi connectivity index (χ2n) is 4.57. The molecule has 0 aliphatic rings. The number of halogens is 2. The molecular weight excluding hydrogens is 305 g/mol. The molecule has 1 N–H and O–H groups in total. The van der Waals surface area contributed by atoms with Crippen molar-refractivity contribution in [2.45, 2.75) is 26.4 Å². The molecule has 0 aliphatic heterocycles. The fourth-order valence-electron chi connectivity index (χ4n) is 1.19. The molecule has 6 heteroatoms. The summed E-state index contributed by atoms with van der Waals surface area (Å²) in [5.41, 5.74) is -0.929. The Morgan fingerprint density at radius 1 is 1.44 bits per heavy atom. The maximum atomic E-state index is 13.8. The van der Waals surface area contributed by atoms with Crippen LogP contribution in [0.4, 0.5) is 14.9 Å². The van der Waals surface area contributed by atoms with Gasteiger partial charge in [-0.2, -0.15) is 0 Å². The summed E-state index contributed by atoms with van der Waals surface area (Å²) >= 11 is 3.04. The Hall–Kier alpha value is -1.43. The third kappa shape index (κ3) is 3.80. The van der Waals surface area contributed by atoms with Crippen LogP contribution in [0.2, 0.25) is 0 Å². The second kappa shape index (κ2) is 5.48. The normalized spacial score (nSPS) is 10.9. The van der Waals surface area contributed by atoms with Crippen LogP contribution in [-0.2, 0) is 4.74 Å². The van der Waals surface area contributed by atoms with Crippen LogP contribution in [0.3, 0.4) is 0 Å². The van der Waals surface area contributed by atoms with E-state index in [0.29, 0.717) is 10.8 Å². The van der Waals surface area contributed by atoms with Crippen LogP contribution in [0.25, 0.3) is 0 Å². The first-order valence-corrected chi connectivity index (χ1v) is 5.97. The molecule has 18 heavy (non-hydrogen) atoms. The van der Waals surface area contributed by atoms with E-state index in [0.717, 1.165) is 0 Å². The molecule has 0 aromatic heterocycles. The minimum Gasteiger partial charge on any atom is -0.444 e. The highest BCUT2D eigenvalue weighted by atomic mass is 79.9. The summed E-state index contributed by atoms with van der Waals surface area (Å²) in [6, 6.07) is 2.82. The van der Waals surface area contributed by atoms with Crippen LogP contribution in [0, 0.1) is 5.82 Å². The molecule has 1 aromatic carbocycles. The maximum Gasteiger partial charge on any atom is 0.412 e. The number of nitrogens with one attached hydrogen (secondary N) is 1. The number of anilines is 1. The smallest absolute Gasteiger partial charge is 0.412 e. The summed E-state index contributed by atoms with van der Waals surface area (Å²) in [6.07, 6.45) is -0.403. The van der Waals surface area contributed by atoms with E-state index >= 15 is 0 Å². The van der Waals surface area contributed by atoms with Crippen molar-refractivity contribution in [2.75, 3.05) is 5.32 Å². The van der Waals surface area contributed by atoms with Crippen LogP contribution >= 0.6 is 15.9 Å². The van der Waals surface area contributed by atoms with Gasteiger partial charge in [-0.05, 0) is 48.8 Å². The standard InChI is InChI=1S/C12H13BrFNO3/c1-12(2,3)18-11(17)15-9-5-4-8(13)7(6-16)10(9)14/h4-6H,1-3H3,(H,15,17). The lowest BCUT2D eigenvalue weighted by molar-refractivity contribution is 0.0635. The van der Waals surface area contributed by atoms with E-state index in [1.54, 1.807) is 20.8 Å². The van der Waals surface area contributed by atoms with E-state index in [4.69, 9.17) is 4.74 Å².